The van der Waals surface area contributed by atoms with E-state index in [4.69, 9.17) is 0 Å². The van der Waals surface area contributed by atoms with Crippen LogP contribution in [0.3, 0.4) is 0 Å². The van der Waals surface area contributed by atoms with Crippen LogP contribution in [-0.2, 0) is 13.0 Å². The summed E-state index contributed by atoms with van der Waals surface area (Å²) >= 11 is 1.83. The third-order valence-electron chi connectivity index (χ3n) is 5.09. The molecule has 3 heterocycles. The molecule has 1 atom stereocenters. The summed E-state index contributed by atoms with van der Waals surface area (Å²) in [5.41, 5.74) is 1.21. The Labute approximate surface area is 172 Å². The summed E-state index contributed by atoms with van der Waals surface area (Å²) in [6.07, 6.45) is 2.98. The number of rotatable bonds is 7. The van der Waals surface area contributed by atoms with E-state index >= 15 is 0 Å². The van der Waals surface area contributed by atoms with Gasteiger partial charge < -0.3 is 20.4 Å². The molecule has 1 saturated heterocycles. The fourth-order valence-electron chi connectivity index (χ4n) is 3.39. The number of pyridine rings is 1. The lowest BCUT2D eigenvalue weighted by Crippen LogP contribution is -2.45. The summed E-state index contributed by atoms with van der Waals surface area (Å²) in [4.78, 5) is 15.2. The van der Waals surface area contributed by atoms with E-state index in [0.29, 0.717) is 12.5 Å². The third kappa shape index (κ3) is 5.94. The molecule has 0 aliphatic carbocycles. The maximum absolute atomic E-state index is 4.66. The van der Waals surface area contributed by atoms with Gasteiger partial charge in [0.2, 0.25) is 0 Å². The van der Waals surface area contributed by atoms with Crippen LogP contribution in [0.25, 0.3) is 0 Å². The third-order valence-corrected chi connectivity index (χ3v) is 5.99. The maximum atomic E-state index is 4.66. The largest absolute Gasteiger partial charge is 0.356 e. The summed E-state index contributed by atoms with van der Waals surface area (Å²) < 4.78 is 0. The van der Waals surface area contributed by atoms with E-state index in [1.165, 1.54) is 10.4 Å². The van der Waals surface area contributed by atoms with Crippen LogP contribution in [0.15, 0.2) is 40.8 Å². The quantitative estimate of drug-likeness (QED) is 0.552. The first-order chi connectivity index (χ1) is 13.7. The van der Waals surface area contributed by atoms with Crippen molar-refractivity contribution in [1.82, 2.24) is 20.5 Å². The molecule has 0 radical (unpaired) electrons. The second kappa shape index (κ2) is 10.4. The number of hydrogen-bond donors (Lipinski definition) is 2. The van der Waals surface area contributed by atoms with Crippen LogP contribution < -0.4 is 15.5 Å². The smallest absolute Gasteiger partial charge is 0.191 e. The van der Waals surface area contributed by atoms with Crippen LogP contribution in [0.5, 0.6) is 0 Å². The van der Waals surface area contributed by atoms with Gasteiger partial charge in [-0.3, -0.25) is 4.99 Å². The average Bonchev–Trinajstić information content (AvgIpc) is 3.22. The Morgan fingerprint density at radius 1 is 1.21 bits per heavy atom. The number of anilines is 1. The molecule has 6 nitrogen and oxygen atoms in total. The van der Waals surface area contributed by atoms with Gasteiger partial charge in [-0.25, -0.2) is 4.98 Å². The van der Waals surface area contributed by atoms with Crippen molar-refractivity contribution in [3.05, 3.63) is 46.3 Å². The van der Waals surface area contributed by atoms with Gasteiger partial charge in [-0.05, 0) is 36.9 Å². The van der Waals surface area contributed by atoms with Gasteiger partial charge in [-0.2, -0.15) is 0 Å². The van der Waals surface area contributed by atoms with Crippen molar-refractivity contribution in [1.29, 1.82) is 0 Å². The zero-order valence-corrected chi connectivity index (χ0v) is 18.0. The predicted molar refractivity (Wildman–Crippen MR) is 119 cm³/mol. The number of nitrogens with one attached hydrogen (secondary N) is 2. The fraction of sp³-hybridized carbons (Fsp3) is 0.524. The number of aromatic nitrogens is 1. The van der Waals surface area contributed by atoms with Crippen molar-refractivity contribution in [2.45, 2.75) is 19.9 Å². The standard InChI is InChI=1S/C21H32N6S/c1-17(14-19-7-5-13-28-19)15-24-21(22-2)25-16-18-6-4-8-23-20(18)27-11-9-26(3)10-12-27/h4-8,13,17H,9-12,14-16H2,1-3H3,(H2,22,24,25). The number of hydrogen-bond acceptors (Lipinski definition) is 5. The Bertz CT molecular complexity index is 737. The molecule has 28 heavy (non-hydrogen) atoms. The summed E-state index contributed by atoms with van der Waals surface area (Å²) in [6, 6.07) is 8.49. The molecular formula is C21H32N6S. The molecule has 0 bridgehead atoms. The Morgan fingerprint density at radius 3 is 2.75 bits per heavy atom. The second-order valence-electron chi connectivity index (χ2n) is 7.47. The van der Waals surface area contributed by atoms with E-state index in [1.807, 2.05) is 30.6 Å². The van der Waals surface area contributed by atoms with Crippen molar-refractivity contribution in [3.63, 3.8) is 0 Å². The van der Waals surface area contributed by atoms with Gasteiger partial charge in [0.1, 0.15) is 5.82 Å². The van der Waals surface area contributed by atoms with Crippen LogP contribution in [-0.4, -0.2) is 62.7 Å². The number of guanidine groups is 1. The summed E-state index contributed by atoms with van der Waals surface area (Å²) in [7, 11) is 4.00. The van der Waals surface area contributed by atoms with Crippen molar-refractivity contribution >= 4 is 23.1 Å². The zero-order valence-electron chi connectivity index (χ0n) is 17.2. The molecule has 1 fully saturated rings. The number of likely N-dealkylation sites (N-methyl/N-ethyl adjacent to an activating group) is 1. The lowest BCUT2D eigenvalue weighted by atomic mass is 10.1. The molecule has 7 heteroatoms. The summed E-state index contributed by atoms with van der Waals surface area (Å²) in [5.74, 6) is 2.48. The monoisotopic (exact) mass is 400 g/mol. The van der Waals surface area contributed by atoms with Crippen LogP contribution in [0.2, 0.25) is 0 Å². The van der Waals surface area contributed by atoms with Gasteiger partial charge in [0.15, 0.2) is 5.96 Å². The Kier molecular flexibility index (Phi) is 7.68. The predicted octanol–water partition coefficient (Wildman–Crippen LogP) is 2.44. The number of thiophene rings is 1. The molecular weight excluding hydrogens is 368 g/mol. The highest BCUT2D eigenvalue weighted by Crippen LogP contribution is 2.18. The molecule has 3 rings (SSSR count). The van der Waals surface area contributed by atoms with Crippen molar-refractivity contribution in [3.8, 4) is 0 Å². The summed E-state index contributed by atoms with van der Waals surface area (Å²) in [6.45, 7) is 8.09. The molecule has 2 aromatic rings. The van der Waals surface area contributed by atoms with Gasteiger partial charge in [-0.1, -0.05) is 19.1 Å². The first-order valence-corrected chi connectivity index (χ1v) is 10.9. The molecule has 0 saturated carbocycles. The van der Waals surface area contributed by atoms with Gasteiger partial charge >= 0.3 is 0 Å². The highest BCUT2D eigenvalue weighted by Gasteiger charge is 2.18. The molecule has 2 aromatic heterocycles. The summed E-state index contributed by atoms with van der Waals surface area (Å²) in [5, 5.41) is 9.05. The molecule has 1 aliphatic rings. The topological polar surface area (TPSA) is 55.8 Å². The fourth-order valence-corrected chi connectivity index (χ4v) is 4.26. The normalized spacial score (nSPS) is 16.8. The first kappa shape index (κ1) is 20.6. The van der Waals surface area contributed by atoms with Gasteiger partial charge in [0.05, 0.1) is 0 Å². The van der Waals surface area contributed by atoms with Gasteiger partial charge in [0.25, 0.3) is 0 Å². The molecule has 0 amide bonds. The van der Waals surface area contributed by atoms with E-state index in [9.17, 15) is 0 Å². The zero-order chi connectivity index (χ0) is 19.8. The van der Waals surface area contributed by atoms with E-state index in [0.717, 1.165) is 50.9 Å². The minimum atomic E-state index is 0.552. The number of nitrogens with zero attached hydrogens (tertiary/aromatic N) is 4. The molecule has 1 aliphatic heterocycles. The Balaban J connectivity index is 1.51. The molecule has 2 N–H and O–H groups in total. The van der Waals surface area contributed by atoms with E-state index in [2.05, 4.69) is 68.0 Å². The second-order valence-corrected chi connectivity index (χ2v) is 8.50. The van der Waals surface area contributed by atoms with E-state index in [-0.39, 0.29) is 0 Å². The van der Waals surface area contributed by atoms with Crippen molar-refractivity contribution < 1.29 is 0 Å². The lowest BCUT2D eigenvalue weighted by molar-refractivity contribution is 0.312. The molecule has 0 aromatic carbocycles. The number of piperazine rings is 1. The van der Waals surface area contributed by atoms with E-state index in [1.54, 1.807) is 0 Å². The Hall–Kier alpha value is -2.12. The number of aliphatic imine (C=N–C) groups is 1. The SMILES string of the molecule is CN=C(NCc1cccnc1N1CCN(C)CC1)NCC(C)Cc1cccs1. The molecule has 1 unspecified atom stereocenters. The minimum Gasteiger partial charge on any atom is -0.356 e. The van der Waals surface area contributed by atoms with Crippen LogP contribution in [0.4, 0.5) is 5.82 Å². The van der Waals surface area contributed by atoms with Crippen molar-refractivity contribution in [2.24, 2.45) is 10.9 Å². The first-order valence-electron chi connectivity index (χ1n) is 10.00. The maximum Gasteiger partial charge on any atom is 0.191 e. The highest BCUT2D eigenvalue weighted by molar-refractivity contribution is 7.09. The molecule has 0 spiro atoms. The van der Waals surface area contributed by atoms with Gasteiger partial charge in [0, 0.05) is 63.0 Å². The molecule has 152 valence electrons. The Morgan fingerprint density at radius 2 is 2.04 bits per heavy atom. The lowest BCUT2D eigenvalue weighted by Gasteiger charge is -2.34. The van der Waals surface area contributed by atoms with Crippen LogP contribution in [0.1, 0.15) is 17.4 Å². The van der Waals surface area contributed by atoms with Crippen LogP contribution >= 0.6 is 11.3 Å². The minimum absolute atomic E-state index is 0.552. The average molecular weight is 401 g/mol. The van der Waals surface area contributed by atoms with E-state index < -0.39 is 0 Å². The highest BCUT2D eigenvalue weighted by atomic mass is 32.1. The van der Waals surface area contributed by atoms with Crippen LogP contribution in [0, 0.1) is 5.92 Å². The van der Waals surface area contributed by atoms with Gasteiger partial charge in [-0.15, -0.1) is 11.3 Å². The van der Waals surface area contributed by atoms with Crippen molar-refractivity contribution in [2.75, 3.05) is 51.7 Å².